The van der Waals surface area contributed by atoms with Gasteiger partial charge in [0.25, 0.3) is 5.91 Å². The minimum absolute atomic E-state index is 0.0666. The number of sulfone groups is 1. The van der Waals surface area contributed by atoms with Crippen LogP contribution < -0.4 is 5.32 Å². The number of carbonyl (C=O) groups excluding carboxylic acids is 1. The van der Waals surface area contributed by atoms with Gasteiger partial charge in [-0.1, -0.05) is 31.2 Å². The van der Waals surface area contributed by atoms with Crippen molar-refractivity contribution in [3.63, 3.8) is 0 Å². The molecule has 0 radical (unpaired) electrons. The molecule has 0 saturated carbocycles. The van der Waals surface area contributed by atoms with E-state index in [1.807, 2.05) is 30.3 Å². The third-order valence-electron chi connectivity index (χ3n) is 3.15. The average Bonchev–Trinajstić information content (AvgIpc) is 2.46. The summed E-state index contributed by atoms with van der Waals surface area (Å²) in [5, 5.41) is 3.63. The van der Waals surface area contributed by atoms with Gasteiger partial charge in [0.15, 0.2) is 9.84 Å². The van der Waals surface area contributed by atoms with Gasteiger partial charge in [0.05, 0.1) is 11.3 Å². The number of hydrogen-bond acceptors (Lipinski definition) is 4. The lowest BCUT2D eigenvalue weighted by Crippen LogP contribution is -2.38. The minimum atomic E-state index is -3.12. The zero-order valence-corrected chi connectivity index (χ0v) is 12.9. The summed E-state index contributed by atoms with van der Waals surface area (Å²) in [7, 11) is -3.12. The number of carbonyl (C=O) groups is 1. The van der Waals surface area contributed by atoms with E-state index in [-0.39, 0.29) is 23.1 Å². The predicted octanol–water partition coefficient (Wildman–Crippen LogP) is 1.79. The molecule has 0 saturated heterocycles. The van der Waals surface area contributed by atoms with Crippen molar-refractivity contribution < 1.29 is 13.2 Å². The molecule has 0 aliphatic heterocycles. The summed E-state index contributed by atoms with van der Waals surface area (Å²) >= 11 is 0. The highest BCUT2D eigenvalue weighted by Gasteiger charge is 2.17. The number of hydrogen-bond donors (Lipinski definition) is 1. The number of fused-ring (bicyclic) bond motifs is 1. The van der Waals surface area contributed by atoms with Gasteiger partial charge in [-0.15, -0.1) is 0 Å². The molecule has 0 spiro atoms. The van der Waals surface area contributed by atoms with Crippen LogP contribution in [-0.2, 0) is 9.84 Å². The SMILES string of the molecule is CCS(=O)(=O)CC(C)NC(=O)c1ccc2ccccc2n1. The molecular weight excluding hydrogens is 288 g/mol. The summed E-state index contributed by atoms with van der Waals surface area (Å²) in [6, 6.07) is 10.5. The molecule has 1 amide bonds. The first-order chi connectivity index (χ1) is 9.91. The highest BCUT2D eigenvalue weighted by atomic mass is 32.2. The van der Waals surface area contributed by atoms with Gasteiger partial charge >= 0.3 is 0 Å². The summed E-state index contributed by atoms with van der Waals surface area (Å²) in [5.74, 6) is -0.357. The van der Waals surface area contributed by atoms with Crippen molar-refractivity contribution in [2.75, 3.05) is 11.5 Å². The van der Waals surface area contributed by atoms with E-state index in [0.29, 0.717) is 0 Å². The Labute approximate surface area is 124 Å². The second-order valence-electron chi connectivity index (χ2n) is 4.96. The van der Waals surface area contributed by atoms with Gasteiger partial charge in [-0.05, 0) is 19.1 Å². The summed E-state index contributed by atoms with van der Waals surface area (Å²) in [5.41, 5.74) is 1.02. The summed E-state index contributed by atoms with van der Waals surface area (Å²) in [4.78, 5) is 16.4. The highest BCUT2D eigenvalue weighted by molar-refractivity contribution is 7.91. The molecule has 1 aromatic carbocycles. The Kier molecular flexibility index (Phi) is 4.57. The monoisotopic (exact) mass is 306 g/mol. The molecule has 6 heteroatoms. The minimum Gasteiger partial charge on any atom is -0.347 e. The van der Waals surface area contributed by atoms with Gasteiger partial charge in [0.1, 0.15) is 5.69 Å². The van der Waals surface area contributed by atoms with Crippen LogP contribution in [0.25, 0.3) is 10.9 Å². The lowest BCUT2D eigenvalue weighted by atomic mass is 10.2. The predicted molar refractivity (Wildman–Crippen MR) is 83.0 cm³/mol. The molecule has 0 aliphatic carbocycles. The van der Waals surface area contributed by atoms with Crippen molar-refractivity contribution in [3.8, 4) is 0 Å². The topological polar surface area (TPSA) is 76.1 Å². The normalized spacial score (nSPS) is 13.0. The number of amides is 1. The maximum atomic E-state index is 12.1. The molecule has 2 aromatic rings. The largest absolute Gasteiger partial charge is 0.347 e. The van der Waals surface area contributed by atoms with Crippen LogP contribution in [0.5, 0.6) is 0 Å². The fraction of sp³-hybridized carbons (Fsp3) is 0.333. The van der Waals surface area contributed by atoms with Crippen LogP contribution in [0.2, 0.25) is 0 Å². The van der Waals surface area contributed by atoms with Crippen LogP contribution in [0.3, 0.4) is 0 Å². The summed E-state index contributed by atoms with van der Waals surface area (Å²) < 4.78 is 23.1. The second kappa shape index (κ2) is 6.22. The molecule has 1 atom stereocenters. The Morgan fingerprint density at radius 2 is 1.95 bits per heavy atom. The van der Waals surface area contributed by atoms with E-state index in [2.05, 4.69) is 10.3 Å². The number of aromatic nitrogens is 1. The van der Waals surface area contributed by atoms with Crippen LogP contribution in [0, 0.1) is 0 Å². The smallest absolute Gasteiger partial charge is 0.270 e. The fourth-order valence-corrected chi connectivity index (χ4v) is 3.11. The standard InChI is InChI=1S/C15H18N2O3S/c1-3-21(19,20)10-11(2)16-15(18)14-9-8-12-6-4-5-7-13(12)17-14/h4-9,11H,3,10H2,1-2H3,(H,16,18). The van der Waals surface area contributed by atoms with E-state index in [0.717, 1.165) is 10.9 Å². The Hall–Kier alpha value is -1.95. The van der Waals surface area contributed by atoms with Crippen LogP contribution in [0.4, 0.5) is 0 Å². The lowest BCUT2D eigenvalue weighted by Gasteiger charge is -2.13. The van der Waals surface area contributed by atoms with Gasteiger partial charge in [-0.25, -0.2) is 13.4 Å². The van der Waals surface area contributed by atoms with Gasteiger partial charge in [-0.2, -0.15) is 0 Å². The van der Waals surface area contributed by atoms with Gasteiger partial charge in [0.2, 0.25) is 0 Å². The van der Waals surface area contributed by atoms with E-state index < -0.39 is 15.9 Å². The summed E-state index contributed by atoms with van der Waals surface area (Å²) in [6.07, 6.45) is 0. The molecule has 0 bridgehead atoms. The maximum Gasteiger partial charge on any atom is 0.270 e. The van der Waals surface area contributed by atoms with E-state index >= 15 is 0 Å². The average molecular weight is 306 g/mol. The molecule has 112 valence electrons. The third kappa shape index (κ3) is 4.01. The van der Waals surface area contributed by atoms with Crippen LogP contribution in [0.15, 0.2) is 36.4 Å². The van der Waals surface area contributed by atoms with Gasteiger partial charge < -0.3 is 5.32 Å². The lowest BCUT2D eigenvalue weighted by molar-refractivity contribution is 0.0939. The Bertz CT molecular complexity index is 756. The molecule has 0 fully saturated rings. The van der Waals surface area contributed by atoms with Crippen molar-refractivity contribution in [2.45, 2.75) is 19.9 Å². The molecule has 5 nitrogen and oxygen atoms in total. The molecule has 1 unspecified atom stereocenters. The van der Waals surface area contributed by atoms with Crippen LogP contribution >= 0.6 is 0 Å². The zero-order chi connectivity index (χ0) is 15.5. The molecular formula is C15H18N2O3S. The quantitative estimate of drug-likeness (QED) is 0.913. The second-order valence-corrected chi connectivity index (χ2v) is 7.36. The number of benzene rings is 1. The van der Waals surface area contributed by atoms with E-state index in [4.69, 9.17) is 0 Å². The molecule has 1 N–H and O–H groups in total. The van der Waals surface area contributed by atoms with Gasteiger partial charge in [0, 0.05) is 17.2 Å². The summed E-state index contributed by atoms with van der Waals surface area (Å²) in [6.45, 7) is 3.26. The van der Waals surface area contributed by atoms with Crippen molar-refractivity contribution in [2.24, 2.45) is 0 Å². The molecule has 1 heterocycles. The first-order valence-corrected chi connectivity index (χ1v) is 8.60. The van der Waals surface area contributed by atoms with E-state index in [9.17, 15) is 13.2 Å². The third-order valence-corrected chi connectivity index (χ3v) is 5.04. The molecule has 0 aliphatic rings. The number of rotatable bonds is 5. The fourth-order valence-electron chi connectivity index (χ4n) is 2.03. The number of nitrogens with zero attached hydrogens (tertiary/aromatic N) is 1. The van der Waals surface area contributed by atoms with Crippen molar-refractivity contribution in [1.29, 1.82) is 0 Å². The highest BCUT2D eigenvalue weighted by Crippen LogP contribution is 2.11. The number of nitrogens with one attached hydrogen (secondary N) is 1. The zero-order valence-electron chi connectivity index (χ0n) is 12.0. The van der Waals surface area contributed by atoms with Crippen LogP contribution in [0.1, 0.15) is 24.3 Å². The Balaban J connectivity index is 2.11. The maximum absolute atomic E-state index is 12.1. The Morgan fingerprint density at radius 1 is 1.24 bits per heavy atom. The van der Waals surface area contributed by atoms with E-state index in [1.165, 1.54) is 0 Å². The first kappa shape index (κ1) is 15.4. The molecule has 21 heavy (non-hydrogen) atoms. The van der Waals surface area contributed by atoms with Crippen molar-refractivity contribution in [3.05, 3.63) is 42.1 Å². The Morgan fingerprint density at radius 3 is 2.67 bits per heavy atom. The number of para-hydroxylation sites is 1. The van der Waals surface area contributed by atoms with Crippen LogP contribution in [-0.4, -0.2) is 36.9 Å². The van der Waals surface area contributed by atoms with Crippen molar-refractivity contribution in [1.82, 2.24) is 10.3 Å². The van der Waals surface area contributed by atoms with Gasteiger partial charge in [-0.3, -0.25) is 4.79 Å². The molecule has 1 aromatic heterocycles. The van der Waals surface area contributed by atoms with Crippen molar-refractivity contribution >= 4 is 26.6 Å². The van der Waals surface area contributed by atoms with E-state index in [1.54, 1.807) is 19.9 Å². The molecule has 2 rings (SSSR count). The number of pyridine rings is 1. The first-order valence-electron chi connectivity index (χ1n) is 6.78.